The minimum Gasteiger partial charge on any atom is -0.478 e. The number of nitrogens with one attached hydrogen (secondary N) is 3. The van der Waals surface area contributed by atoms with Crippen molar-refractivity contribution >= 4 is 28.3 Å². The van der Waals surface area contributed by atoms with Crippen LogP contribution in [0.1, 0.15) is 15.9 Å². The van der Waals surface area contributed by atoms with Crippen molar-refractivity contribution in [2.75, 3.05) is 5.32 Å². The minimum atomic E-state index is -1.04. The highest BCUT2D eigenvalue weighted by atomic mass is 16.4. The van der Waals surface area contributed by atoms with Crippen molar-refractivity contribution in [3.8, 4) is 0 Å². The number of hydrogen-bond acceptors (Lipinski definition) is 5. The summed E-state index contributed by atoms with van der Waals surface area (Å²) in [5, 5.41) is 16.1. The SMILES string of the molecule is N=N/C(=C\Nc1cccc(C(=O)O)c1)c1cc2ccccc2[nH]c1=O. The van der Waals surface area contributed by atoms with Crippen molar-refractivity contribution in [1.29, 1.82) is 5.53 Å². The lowest BCUT2D eigenvalue weighted by Crippen LogP contribution is -2.11. The van der Waals surface area contributed by atoms with E-state index in [0.717, 1.165) is 5.39 Å². The van der Waals surface area contributed by atoms with Gasteiger partial charge in [0.15, 0.2) is 0 Å². The fourth-order valence-electron chi connectivity index (χ4n) is 2.40. The van der Waals surface area contributed by atoms with E-state index in [0.29, 0.717) is 11.2 Å². The third-order valence-corrected chi connectivity index (χ3v) is 3.63. The minimum absolute atomic E-state index is 0.131. The highest BCUT2D eigenvalue weighted by Crippen LogP contribution is 2.18. The molecule has 124 valence electrons. The van der Waals surface area contributed by atoms with Gasteiger partial charge in [-0.25, -0.2) is 10.3 Å². The number of carbonyl (C=O) groups is 1. The van der Waals surface area contributed by atoms with Crippen molar-refractivity contribution in [3.63, 3.8) is 0 Å². The summed E-state index contributed by atoms with van der Waals surface area (Å²) in [7, 11) is 0. The molecule has 3 rings (SSSR count). The summed E-state index contributed by atoms with van der Waals surface area (Å²) in [5.41, 5.74) is 8.71. The number of pyridine rings is 1. The fourth-order valence-corrected chi connectivity index (χ4v) is 2.40. The Balaban J connectivity index is 1.97. The predicted molar refractivity (Wildman–Crippen MR) is 94.7 cm³/mol. The number of benzene rings is 2. The quantitative estimate of drug-likeness (QED) is 0.532. The van der Waals surface area contributed by atoms with Gasteiger partial charge in [0.25, 0.3) is 5.56 Å². The number of H-pyrrole nitrogens is 1. The lowest BCUT2D eigenvalue weighted by Gasteiger charge is -2.05. The predicted octanol–water partition coefficient (Wildman–Crippen LogP) is 3.67. The first-order valence-electron chi connectivity index (χ1n) is 7.38. The number of carboxylic acid groups (broad SMARTS) is 1. The first-order valence-corrected chi connectivity index (χ1v) is 7.38. The summed E-state index contributed by atoms with van der Waals surface area (Å²) in [5.74, 6) is -1.04. The number of aromatic nitrogens is 1. The molecule has 25 heavy (non-hydrogen) atoms. The van der Waals surface area contributed by atoms with E-state index in [1.54, 1.807) is 24.3 Å². The molecule has 0 aliphatic heterocycles. The van der Waals surface area contributed by atoms with Gasteiger partial charge in [-0.05, 0) is 35.7 Å². The number of carboxylic acids is 1. The molecular formula is C18H14N4O3. The molecule has 0 aliphatic rings. The zero-order valence-corrected chi connectivity index (χ0v) is 13.0. The van der Waals surface area contributed by atoms with E-state index < -0.39 is 5.97 Å². The van der Waals surface area contributed by atoms with Gasteiger partial charge in [-0.3, -0.25) is 4.79 Å². The zero-order chi connectivity index (χ0) is 17.8. The average Bonchev–Trinajstić information content (AvgIpc) is 2.62. The Morgan fingerprint density at radius 1 is 1.16 bits per heavy atom. The summed E-state index contributed by atoms with van der Waals surface area (Å²) in [4.78, 5) is 26.0. The molecule has 0 radical (unpaired) electrons. The van der Waals surface area contributed by atoms with E-state index in [-0.39, 0.29) is 22.4 Å². The third-order valence-electron chi connectivity index (χ3n) is 3.63. The average molecular weight is 334 g/mol. The number of para-hydroxylation sites is 1. The summed E-state index contributed by atoms with van der Waals surface area (Å²) >= 11 is 0. The Hall–Kier alpha value is -3.74. The van der Waals surface area contributed by atoms with Gasteiger partial charge in [0.1, 0.15) is 5.70 Å². The van der Waals surface area contributed by atoms with E-state index in [9.17, 15) is 9.59 Å². The lowest BCUT2D eigenvalue weighted by atomic mass is 10.1. The number of nitrogens with zero attached hydrogens (tertiary/aromatic N) is 1. The Labute approximate surface area is 142 Å². The van der Waals surface area contributed by atoms with Gasteiger partial charge in [-0.1, -0.05) is 24.3 Å². The largest absolute Gasteiger partial charge is 0.478 e. The maximum absolute atomic E-state index is 12.2. The second kappa shape index (κ2) is 6.79. The van der Waals surface area contributed by atoms with Crippen molar-refractivity contribution in [1.82, 2.24) is 4.98 Å². The standard InChI is InChI=1S/C18H14N4O3/c19-22-16(10-20-13-6-3-5-12(8-13)18(24)25)14-9-11-4-1-2-7-15(11)21-17(14)23/h1-10,19-20H,(H,21,23)(H,24,25)/b16-10-,22-19?. The molecule has 0 fully saturated rings. The molecule has 1 aromatic heterocycles. The van der Waals surface area contributed by atoms with E-state index in [4.69, 9.17) is 10.6 Å². The maximum Gasteiger partial charge on any atom is 0.335 e. The molecule has 0 amide bonds. The Kier molecular flexibility index (Phi) is 4.38. The topological polar surface area (TPSA) is 118 Å². The van der Waals surface area contributed by atoms with Gasteiger partial charge < -0.3 is 15.4 Å². The van der Waals surface area contributed by atoms with Crippen LogP contribution < -0.4 is 10.9 Å². The Morgan fingerprint density at radius 2 is 1.96 bits per heavy atom. The van der Waals surface area contributed by atoms with Crippen LogP contribution >= 0.6 is 0 Å². The molecular weight excluding hydrogens is 320 g/mol. The molecule has 0 bridgehead atoms. The van der Waals surface area contributed by atoms with Crippen LogP contribution in [-0.4, -0.2) is 16.1 Å². The molecule has 7 nitrogen and oxygen atoms in total. The lowest BCUT2D eigenvalue weighted by molar-refractivity contribution is 0.0697. The molecule has 0 spiro atoms. The Bertz CT molecular complexity index is 1050. The maximum atomic E-state index is 12.2. The number of hydrogen-bond donors (Lipinski definition) is 4. The van der Waals surface area contributed by atoms with Gasteiger partial charge in [-0.2, -0.15) is 5.11 Å². The number of aromatic carboxylic acids is 1. The number of rotatable bonds is 5. The van der Waals surface area contributed by atoms with Crippen LogP contribution in [0.5, 0.6) is 0 Å². The van der Waals surface area contributed by atoms with Gasteiger partial charge in [-0.15, -0.1) is 0 Å². The van der Waals surface area contributed by atoms with Crippen LogP contribution in [-0.2, 0) is 0 Å². The highest BCUT2D eigenvalue weighted by Gasteiger charge is 2.08. The van der Waals surface area contributed by atoms with Crippen LogP contribution in [0.4, 0.5) is 5.69 Å². The molecule has 7 heteroatoms. The smallest absolute Gasteiger partial charge is 0.335 e. The van der Waals surface area contributed by atoms with Crippen molar-refractivity contribution in [3.05, 3.63) is 82.3 Å². The second-order valence-corrected chi connectivity index (χ2v) is 5.27. The fraction of sp³-hybridized carbons (Fsp3) is 0. The molecule has 0 aliphatic carbocycles. The molecule has 0 unspecified atom stereocenters. The van der Waals surface area contributed by atoms with Gasteiger partial charge in [0.05, 0.1) is 11.1 Å². The van der Waals surface area contributed by atoms with Gasteiger partial charge in [0.2, 0.25) is 0 Å². The van der Waals surface area contributed by atoms with Crippen molar-refractivity contribution in [2.24, 2.45) is 5.11 Å². The van der Waals surface area contributed by atoms with E-state index in [2.05, 4.69) is 15.4 Å². The number of aromatic amines is 1. The number of anilines is 1. The normalized spacial score (nSPS) is 11.3. The Morgan fingerprint density at radius 3 is 2.72 bits per heavy atom. The van der Waals surface area contributed by atoms with E-state index in [1.807, 2.05) is 18.2 Å². The van der Waals surface area contributed by atoms with E-state index >= 15 is 0 Å². The molecule has 2 aromatic carbocycles. The third kappa shape index (κ3) is 3.45. The summed E-state index contributed by atoms with van der Waals surface area (Å²) < 4.78 is 0. The molecule has 3 aromatic rings. The monoisotopic (exact) mass is 334 g/mol. The summed E-state index contributed by atoms with van der Waals surface area (Å²) in [6, 6.07) is 15.2. The number of fused-ring (bicyclic) bond motifs is 1. The molecule has 0 atom stereocenters. The first-order chi connectivity index (χ1) is 12.1. The van der Waals surface area contributed by atoms with Crippen molar-refractivity contribution in [2.45, 2.75) is 0 Å². The molecule has 1 heterocycles. The molecule has 0 saturated heterocycles. The zero-order valence-electron chi connectivity index (χ0n) is 13.0. The molecule has 4 N–H and O–H groups in total. The first kappa shape index (κ1) is 16.1. The summed E-state index contributed by atoms with van der Waals surface area (Å²) in [6.07, 6.45) is 1.40. The van der Waals surface area contributed by atoms with Crippen LogP contribution in [0.25, 0.3) is 16.6 Å². The van der Waals surface area contributed by atoms with E-state index in [1.165, 1.54) is 18.3 Å². The molecule has 0 saturated carbocycles. The second-order valence-electron chi connectivity index (χ2n) is 5.27. The summed E-state index contributed by atoms with van der Waals surface area (Å²) in [6.45, 7) is 0. The van der Waals surface area contributed by atoms with Crippen LogP contribution in [0.2, 0.25) is 0 Å². The highest BCUT2D eigenvalue weighted by molar-refractivity contribution is 5.89. The van der Waals surface area contributed by atoms with Crippen LogP contribution in [0, 0.1) is 5.53 Å². The van der Waals surface area contributed by atoms with Crippen LogP contribution in [0.3, 0.4) is 0 Å². The van der Waals surface area contributed by atoms with Crippen molar-refractivity contribution < 1.29 is 9.90 Å². The van der Waals surface area contributed by atoms with Gasteiger partial charge in [0, 0.05) is 17.4 Å². The van der Waals surface area contributed by atoms with Gasteiger partial charge >= 0.3 is 5.97 Å². The van der Waals surface area contributed by atoms with Crippen LogP contribution in [0.15, 0.2) is 70.7 Å².